The van der Waals surface area contributed by atoms with Gasteiger partial charge in [-0.25, -0.2) is 0 Å². The molecule has 1 aromatic carbocycles. The molecular formula is C14H14Cl2N2OS. The summed E-state index contributed by atoms with van der Waals surface area (Å²) in [4.78, 5) is 12.4. The third-order valence-electron chi connectivity index (χ3n) is 2.78. The molecule has 0 unspecified atom stereocenters. The molecule has 0 aliphatic carbocycles. The van der Waals surface area contributed by atoms with Gasteiger partial charge in [-0.1, -0.05) is 47.5 Å². The summed E-state index contributed by atoms with van der Waals surface area (Å²) in [6.45, 7) is 1.10. The van der Waals surface area contributed by atoms with Crippen molar-refractivity contribution in [2.75, 3.05) is 6.54 Å². The Labute approximate surface area is 131 Å². The van der Waals surface area contributed by atoms with Crippen LogP contribution in [-0.4, -0.2) is 12.5 Å². The molecule has 0 radical (unpaired) electrons. The van der Waals surface area contributed by atoms with Gasteiger partial charge < -0.3 is 11.1 Å². The average Bonchev–Trinajstić information content (AvgIpc) is 2.78. The normalized spacial score (nSPS) is 10.6. The van der Waals surface area contributed by atoms with Gasteiger partial charge in [-0.05, 0) is 30.2 Å². The van der Waals surface area contributed by atoms with Gasteiger partial charge in [-0.3, -0.25) is 4.79 Å². The number of carbonyl (C=O) groups excluding carboxylic acids is 1. The van der Waals surface area contributed by atoms with Crippen molar-refractivity contribution in [3.05, 3.63) is 55.7 Å². The van der Waals surface area contributed by atoms with Crippen molar-refractivity contribution in [2.45, 2.75) is 13.0 Å². The lowest BCUT2D eigenvalue weighted by molar-refractivity contribution is 0.0955. The number of halogens is 2. The van der Waals surface area contributed by atoms with Crippen molar-refractivity contribution in [2.24, 2.45) is 5.73 Å². The highest BCUT2D eigenvalue weighted by Gasteiger charge is 2.12. The Morgan fingerprint density at radius 2 is 1.85 bits per heavy atom. The van der Waals surface area contributed by atoms with Crippen LogP contribution in [-0.2, 0) is 13.0 Å². The Hall–Kier alpha value is -1.07. The summed E-state index contributed by atoms with van der Waals surface area (Å²) in [5, 5.41) is 3.25. The molecule has 0 spiro atoms. The quantitative estimate of drug-likeness (QED) is 0.882. The van der Waals surface area contributed by atoms with Crippen LogP contribution in [0.15, 0.2) is 30.3 Å². The Balaban J connectivity index is 1.92. The molecule has 106 valence electrons. The van der Waals surface area contributed by atoms with Crippen molar-refractivity contribution < 1.29 is 4.79 Å². The molecule has 0 fully saturated rings. The Morgan fingerprint density at radius 3 is 2.40 bits per heavy atom. The number of benzene rings is 1. The first kappa shape index (κ1) is 15.3. The van der Waals surface area contributed by atoms with E-state index in [1.165, 1.54) is 16.9 Å². The van der Waals surface area contributed by atoms with Gasteiger partial charge in [0.25, 0.3) is 5.91 Å². The van der Waals surface area contributed by atoms with Crippen molar-refractivity contribution in [1.29, 1.82) is 0 Å². The molecule has 0 aliphatic heterocycles. The van der Waals surface area contributed by atoms with Crippen LogP contribution in [0.4, 0.5) is 0 Å². The highest BCUT2D eigenvalue weighted by molar-refractivity contribution is 7.18. The molecule has 0 atom stereocenters. The van der Waals surface area contributed by atoms with Gasteiger partial charge in [-0.15, -0.1) is 11.3 Å². The molecule has 1 amide bonds. The number of thiophene rings is 1. The van der Waals surface area contributed by atoms with E-state index in [-0.39, 0.29) is 5.91 Å². The number of amides is 1. The maximum Gasteiger partial charge on any atom is 0.261 e. The van der Waals surface area contributed by atoms with E-state index in [1.807, 2.05) is 24.3 Å². The predicted molar refractivity (Wildman–Crippen MR) is 84.7 cm³/mol. The fourth-order valence-corrected chi connectivity index (χ4v) is 3.00. The standard InChI is InChI=1S/C14H14Cl2N2OS/c15-11-7-12(20-13(11)16)14(19)18-8-10-3-1-9(2-4-10)5-6-17/h1-4,7H,5-6,8,17H2,(H,18,19). The minimum absolute atomic E-state index is 0.171. The SMILES string of the molecule is NCCc1ccc(CNC(=O)c2cc(Cl)c(Cl)s2)cc1. The van der Waals surface area contributed by atoms with Crippen LogP contribution in [0, 0.1) is 0 Å². The molecule has 0 saturated carbocycles. The highest BCUT2D eigenvalue weighted by atomic mass is 35.5. The van der Waals surface area contributed by atoms with Crippen LogP contribution < -0.4 is 11.1 Å². The van der Waals surface area contributed by atoms with E-state index >= 15 is 0 Å². The molecule has 0 bridgehead atoms. The molecule has 1 aromatic heterocycles. The first-order valence-electron chi connectivity index (χ1n) is 6.11. The van der Waals surface area contributed by atoms with Crippen LogP contribution in [0.2, 0.25) is 9.36 Å². The summed E-state index contributed by atoms with van der Waals surface area (Å²) in [5.41, 5.74) is 7.73. The first-order valence-corrected chi connectivity index (χ1v) is 7.68. The molecule has 3 nitrogen and oxygen atoms in total. The van der Waals surface area contributed by atoms with Crippen LogP contribution in [0.5, 0.6) is 0 Å². The second-order valence-corrected chi connectivity index (χ2v) is 6.33. The fourth-order valence-electron chi connectivity index (χ4n) is 1.72. The molecule has 3 N–H and O–H groups in total. The molecular weight excluding hydrogens is 315 g/mol. The fraction of sp³-hybridized carbons (Fsp3) is 0.214. The Morgan fingerprint density at radius 1 is 1.20 bits per heavy atom. The molecule has 20 heavy (non-hydrogen) atoms. The molecule has 2 aromatic rings. The third-order valence-corrected chi connectivity index (χ3v) is 4.64. The van der Waals surface area contributed by atoms with Gasteiger partial charge in [-0.2, -0.15) is 0 Å². The van der Waals surface area contributed by atoms with E-state index in [0.717, 1.165) is 12.0 Å². The second-order valence-electron chi connectivity index (χ2n) is 4.27. The third kappa shape index (κ3) is 3.96. The maximum absolute atomic E-state index is 11.9. The molecule has 1 heterocycles. The van der Waals surface area contributed by atoms with Gasteiger partial charge in [0.2, 0.25) is 0 Å². The van der Waals surface area contributed by atoms with Gasteiger partial charge >= 0.3 is 0 Å². The van der Waals surface area contributed by atoms with Gasteiger partial charge in [0.05, 0.1) is 9.90 Å². The summed E-state index contributed by atoms with van der Waals surface area (Å²) >= 11 is 12.8. The molecule has 0 aliphatic rings. The first-order chi connectivity index (χ1) is 9.60. The van der Waals surface area contributed by atoms with Crippen LogP contribution in [0.25, 0.3) is 0 Å². The van der Waals surface area contributed by atoms with Crippen molar-refractivity contribution in [3.63, 3.8) is 0 Å². The van der Waals surface area contributed by atoms with Gasteiger partial charge in [0.1, 0.15) is 4.34 Å². The number of carbonyl (C=O) groups is 1. The average molecular weight is 329 g/mol. The second kappa shape index (κ2) is 7.09. The predicted octanol–water partition coefficient (Wildman–Crippen LogP) is 3.49. The minimum Gasteiger partial charge on any atom is -0.347 e. The van der Waals surface area contributed by atoms with E-state index in [2.05, 4.69) is 5.32 Å². The summed E-state index contributed by atoms with van der Waals surface area (Å²) in [5.74, 6) is -0.171. The summed E-state index contributed by atoms with van der Waals surface area (Å²) in [7, 11) is 0. The number of nitrogens with two attached hydrogens (primary N) is 1. The summed E-state index contributed by atoms with van der Waals surface area (Å²) in [6.07, 6.45) is 0.860. The Bertz CT molecular complexity index is 576. The zero-order valence-electron chi connectivity index (χ0n) is 10.7. The molecule has 0 saturated heterocycles. The van der Waals surface area contributed by atoms with Crippen LogP contribution >= 0.6 is 34.5 Å². The van der Waals surface area contributed by atoms with E-state index < -0.39 is 0 Å². The van der Waals surface area contributed by atoms with Crippen LogP contribution in [0.3, 0.4) is 0 Å². The lowest BCUT2D eigenvalue weighted by Crippen LogP contribution is -2.21. The number of hydrogen-bond donors (Lipinski definition) is 2. The number of nitrogens with one attached hydrogen (secondary N) is 1. The number of hydrogen-bond acceptors (Lipinski definition) is 3. The van der Waals surface area contributed by atoms with Crippen LogP contribution in [0.1, 0.15) is 20.8 Å². The number of rotatable bonds is 5. The topological polar surface area (TPSA) is 55.1 Å². The summed E-state index contributed by atoms with van der Waals surface area (Å²) < 4.78 is 0.433. The Kier molecular flexibility index (Phi) is 5.43. The van der Waals surface area contributed by atoms with Crippen molar-refractivity contribution >= 4 is 40.4 Å². The van der Waals surface area contributed by atoms with E-state index in [9.17, 15) is 4.79 Å². The lowest BCUT2D eigenvalue weighted by Gasteiger charge is -2.05. The monoisotopic (exact) mass is 328 g/mol. The van der Waals surface area contributed by atoms with E-state index in [0.29, 0.717) is 27.3 Å². The maximum atomic E-state index is 11.9. The smallest absolute Gasteiger partial charge is 0.261 e. The lowest BCUT2D eigenvalue weighted by atomic mass is 10.1. The largest absolute Gasteiger partial charge is 0.347 e. The van der Waals surface area contributed by atoms with E-state index in [1.54, 1.807) is 6.07 Å². The van der Waals surface area contributed by atoms with E-state index in [4.69, 9.17) is 28.9 Å². The zero-order chi connectivity index (χ0) is 14.5. The van der Waals surface area contributed by atoms with Gasteiger partial charge in [0, 0.05) is 6.54 Å². The van der Waals surface area contributed by atoms with Gasteiger partial charge in [0.15, 0.2) is 0 Å². The highest BCUT2D eigenvalue weighted by Crippen LogP contribution is 2.31. The van der Waals surface area contributed by atoms with Crippen molar-refractivity contribution in [1.82, 2.24) is 5.32 Å². The van der Waals surface area contributed by atoms with Crippen molar-refractivity contribution in [3.8, 4) is 0 Å². The zero-order valence-corrected chi connectivity index (χ0v) is 13.0. The molecule has 2 rings (SSSR count). The summed E-state index contributed by atoms with van der Waals surface area (Å²) in [6, 6.07) is 9.59. The molecule has 6 heteroatoms. The minimum atomic E-state index is -0.171.